The van der Waals surface area contributed by atoms with Crippen molar-refractivity contribution in [2.75, 3.05) is 6.61 Å². The van der Waals surface area contributed by atoms with E-state index >= 15 is 0 Å². The van der Waals surface area contributed by atoms with Crippen LogP contribution in [0, 0.1) is 4.84 Å². The number of oxazole rings is 1. The normalized spacial score (nSPS) is 21.2. The highest BCUT2D eigenvalue weighted by atomic mass is 32.1. The van der Waals surface area contributed by atoms with Crippen molar-refractivity contribution in [3.63, 3.8) is 0 Å². The molecule has 0 spiro atoms. The van der Waals surface area contributed by atoms with E-state index in [1.165, 1.54) is 11.1 Å². The summed E-state index contributed by atoms with van der Waals surface area (Å²) in [7, 11) is 0. The number of benzene rings is 3. The molecule has 0 saturated carbocycles. The van der Waals surface area contributed by atoms with Gasteiger partial charge in [0, 0.05) is 18.9 Å². The van der Waals surface area contributed by atoms with Crippen molar-refractivity contribution < 1.29 is 14.3 Å². The first kappa shape index (κ1) is 21.1. The van der Waals surface area contributed by atoms with E-state index in [1.54, 1.807) is 0 Å². The number of fused-ring (bicyclic) bond motifs is 1. The van der Waals surface area contributed by atoms with Gasteiger partial charge in [-0.05, 0) is 41.0 Å². The average Bonchev–Trinajstić information content (AvgIpc) is 3.19. The first-order valence-corrected chi connectivity index (χ1v) is 11.3. The van der Waals surface area contributed by atoms with Crippen LogP contribution in [0.15, 0.2) is 83.3 Å². The van der Waals surface area contributed by atoms with Gasteiger partial charge >= 0.3 is 0 Å². The monoisotopic (exact) mass is 446 g/mol. The number of aromatic amines is 1. The van der Waals surface area contributed by atoms with Crippen molar-refractivity contribution in [2.24, 2.45) is 0 Å². The Morgan fingerprint density at radius 2 is 1.69 bits per heavy atom. The van der Waals surface area contributed by atoms with Crippen molar-refractivity contribution in [1.29, 1.82) is 0 Å². The lowest BCUT2D eigenvalue weighted by Gasteiger charge is -2.38. The van der Waals surface area contributed by atoms with Crippen LogP contribution in [0.3, 0.4) is 0 Å². The van der Waals surface area contributed by atoms with Crippen LogP contribution in [-0.2, 0) is 11.3 Å². The second-order valence-corrected chi connectivity index (χ2v) is 8.68. The highest BCUT2D eigenvalue weighted by Gasteiger charge is 2.35. The lowest BCUT2D eigenvalue weighted by molar-refractivity contribution is -0.0718. The largest absolute Gasteiger partial charge is 0.429 e. The third kappa shape index (κ3) is 4.54. The topological polar surface area (TPSA) is 70.4 Å². The maximum atomic E-state index is 11.0. The van der Waals surface area contributed by atoms with Crippen molar-refractivity contribution in [3.05, 3.63) is 100 Å². The molecule has 0 aliphatic carbocycles. The first-order chi connectivity index (χ1) is 15.7. The van der Waals surface area contributed by atoms with Gasteiger partial charge in [0.1, 0.15) is 0 Å². The predicted molar refractivity (Wildman–Crippen MR) is 127 cm³/mol. The maximum absolute atomic E-state index is 11.0. The summed E-state index contributed by atoms with van der Waals surface area (Å²) in [5.41, 5.74) is 5.09. The molecule has 164 valence electrons. The quantitative estimate of drug-likeness (QED) is 0.366. The Morgan fingerprint density at radius 1 is 1.00 bits per heavy atom. The Bertz CT molecular complexity index is 1180. The Balaban J connectivity index is 1.27. The third-order valence-corrected chi connectivity index (χ3v) is 6.36. The van der Waals surface area contributed by atoms with Gasteiger partial charge in [0.2, 0.25) is 0 Å². The molecule has 3 atom stereocenters. The molecular weight excluding hydrogens is 420 g/mol. The zero-order chi connectivity index (χ0) is 21.9. The van der Waals surface area contributed by atoms with E-state index in [0.29, 0.717) is 24.4 Å². The highest BCUT2D eigenvalue weighted by Crippen LogP contribution is 2.34. The Hall–Kier alpha value is -2.77. The maximum Gasteiger partial charge on any atom is 0.266 e. The van der Waals surface area contributed by atoms with E-state index in [1.807, 2.05) is 30.3 Å². The van der Waals surface area contributed by atoms with Crippen molar-refractivity contribution in [2.45, 2.75) is 37.1 Å². The number of aromatic nitrogens is 1. The van der Waals surface area contributed by atoms with Crippen LogP contribution in [0.5, 0.6) is 0 Å². The Morgan fingerprint density at radius 3 is 2.34 bits per heavy atom. The summed E-state index contributed by atoms with van der Waals surface area (Å²) in [6, 6.07) is 26.6. The molecule has 4 aromatic rings. The van der Waals surface area contributed by atoms with Gasteiger partial charge in [-0.15, -0.1) is 0 Å². The molecule has 0 radical (unpaired) electrons. The number of H-pyrrole nitrogens is 1. The molecule has 5 rings (SSSR count). The molecule has 1 saturated heterocycles. The molecule has 3 unspecified atom stereocenters. The number of hydrogen-bond acceptors (Lipinski definition) is 5. The summed E-state index contributed by atoms with van der Waals surface area (Å²) in [6.07, 6.45) is -0.0191. The van der Waals surface area contributed by atoms with E-state index in [4.69, 9.17) is 21.4 Å². The van der Waals surface area contributed by atoms with Gasteiger partial charge in [-0.2, -0.15) is 0 Å². The second-order valence-electron chi connectivity index (χ2n) is 8.31. The molecule has 0 amide bonds. The van der Waals surface area contributed by atoms with Crippen LogP contribution >= 0.6 is 12.2 Å². The van der Waals surface area contributed by atoms with Crippen LogP contribution in [0.1, 0.15) is 29.0 Å². The zero-order valence-electron chi connectivity index (χ0n) is 17.6. The molecule has 1 aliphatic rings. The van der Waals surface area contributed by atoms with Crippen molar-refractivity contribution >= 4 is 23.3 Å². The Labute approximate surface area is 192 Å². The van der Waals surface area contributed by atoms with Gasteiger partial charge in [-0.25, -0.2) is 0 Å². The van der Waals surface area contributed by atoms with Gasteiger partial charge in [0.15, 0.2) is 5.58 Å². The van der Waals surface area contributed by atoms with E-state index in [-0.39, 0.29) is 18.1 Å². The number of aliphatic hydroxyl groups excluding tert-OH is 1. The summed E-state index contributed by atoms with van der Waals surface area (Å²) in [5, 5.41) is 14.4. The van der Waals surface area contributed by atoms with Crippen LogP contribution in [0.4, 0.5) is 0 Å². The molecule has 0 bridgehead atoms. The lowest BCUT2D eigenvalue weighted by atomic mass is 9.82. The van der Waals surface area contributed by atoms with E-state index in [9.17, 15) is 5.11 Å². The Kier molecular flexibility index (Phi) is 6.19. The predicted octanol–water partition coefficient (Wildman–Crippen LogP) is 4.93. The number of aliphatic hydroxyl groups is 1. The minimum Gasteiger partial charge on any atom is -0.429 e. The first-order valence-electron chi connectivity index (χ1n) is 10.9. The molecule has 1 aliphatic heterocycles. The molecule has 5 nitrogen and oxygen atoms in total. The highest BCUT2D eigenvalue weighted by molar-refractivity contribution is 7.71. The fraction of sp³-hybridized carbons (Fsp3) is 0.269. The lowest BCUT2D eigenvalue weighted by Crippen LogP contribution is -2.50. The number of ether oxygens (including phenoxy) is 1. The second kappa shape index (κ2) is 9.38. The number of hydrogen-bond donors (Lipinski definition) is 3. The molecule has 1 fully saturated rings. The summed E-state index contributed by atoms with van der Waals surface area (Å²) in [4.78, 5) is 3.38. The number of rotatable bonds is 6. The molecule has 1 aromatic heterocycles. The molecule has 3 N–H and O–H groups in total. The van der Waals surface area contributed by atoms with Crippen LogP contribution < -0.4 is 5.32 Å². The molecule has 6 heteroatoms. The molecule has 3 aromatic carbocycles. The minimum atomic E-state index is -0.497. The fourth-order valence-corrected chi connectivity index (χ4v) is 4.73. The average molecular weight is 447 g/mol. The zero-order valence-corrected chi connectivity index (χ0v) is 18.4. The van der Waals surface area contributed by atoms with Gasteiger partial charge in [-0.1, -0.05) is 66.7 Å². The fourth-order valence-electron chi connectivity index (χ4n) is 4.53. The standard InChI is InChI=1S/C26H26N2O3S/c29-22-14-24(25(18-7-3-1-4-8-18)19-9-5-2-6-10-19)30-16-21(22)27-15-17-11-12-20-23(13-17)31-26(32)28-20/h1-13,21-22,24-25,27,29H,14-16H2,(H,28,32). The minimum absolute atomic E-state index is 0.0817. The number of nitrogens with one attached hydrogen (secondary N) is 2. The van der Waals surface area contributed by atoms with E-state index in [2.05, 4.69) is 58.8 Å². The summed E-state index contributed by atoms with van der Waals surface area (Å²) in [5.74, 6) is 0.0817. The molecule has 2 heterocycles. The summed E-state index contributed by atoms with van der Waals surface area (Å²) >= 11 is 5.05. The van der Waals surface area contributed by atoms with Crippen LogP contribution in [-0.4, -0.2) is 34.9 Å². The van der Waals surface area contributed by atoms with Gasteiger partial charge in [-0.3, -0.25) is 0 Å². The summed E-state index contributed by atoms with van der Waals surface area (Å²) < 4.78 is 11.8. The molecular formula is C26H26N2O3S. The van der Waals surface area contributed by atoms with E-state index in [0.717, 1.165) is 16.7 Å². The SMILES string of the molecule is OC1CC(C(c2ccccc2)c2ccccc2)OCC1NCc1ccc2[nH]c(=S)oc2c1. The van der Waals surface area contributed by atoms with Crippen LogP contribution in [0.2, 0.25) is 0 Å². The van der Waals surface area contributed by atoms with Crippen molar-refractivity contribution in [3.8, 4) is 0 Å². The van der Waals surface area contributed by atoms with Gasteiger partial charge < -0.3 is 24.6 Å². The molecule has 32 heavy (non-hydrogen) atoms. The van der Waals surface area contributed by atoms with E-state index < -0.39 is 6.10 Å². The smallest absolute Gasteiger partial charge is 0.266 e. The van der Waals surface area contributed by atoms with Gasteiger partial charge in [0.05, 0.1) is 30.4 Å². The van der Waals surface area contributed by atoms with Crippen molar-refractivity contribution in [1.82, 2.24) is 10.3 Å². The van der Waals surface area contributed by atoms with Gasteiger partial charge in [0.25, 0.3) is 4.84 Å². The van der Waals surface area contributed by atoms with Crippen LogP contribution in [0.25, 0.3) is 11.1 Å². The third-order valence-electron chi connectivity index (χ3n) is 6.17. The summed E-state index contributed by atoms with van der Waals surface area (Å²) in [6.45, 7) is 1.06.